The predicted octanol–water partition coefficient (Wildman–Crippen LogP) is 5.88. The van der Waals surface area contributed by atoms with E-state index < -0.39 is 0 Å². The Bertz CT molecular complexity index is 1720. The molecule has 2 aromatic heterocycles. The van der Waals surface area contributed by atoms with Crippen molar-refractivity contribution in [1.29, 1.82) is 0 Å². The van der Waals surface area contributed by atoms with Crippen LogP contribution in [-0.2, 0) is 16.0 Å². The molecule has 10 nitrogen and oxygen atoms in total. The second-order valence-electron chi connectivity index (χ2n) is 10.2. The molecule has 2 aromatic carbocycles. The molecule has 0 unspecified atom stereocenters. The first kappa shape index (κ1) is 31.0. The molecule has 0 bridgehead atoms. The molecule has 1 aliphatic rings. The van der Waals surface area contributed by atoms with Gasteiger partial charge in [0.05, 0.1) is 43.6 Å². The summed E-state index contributed by atoms with van der Waals surface area (Å²) in [6.07, 6.45) is 1.97. The first-order valence-corrected chi connectivity index (χ1v) is 15.9. The molecule has 0 saturated carbocycles. The van der Waals surface area contributed by atoms with Crippen molar-refractivity contribution >= 4 is 45.3 Å². The Morgan fingerprint density at radius 3 is 2.57 bits per heavy atom. The number of rotatable bonds is 11. The number of ether oxygens (including phenoxy) is 3. The van der Waals surface area contributed by atoms with Crippen molar-refractivity contribution in [3.63, 3.8) is 0 Å². The third-order valence-corrected chi connectivity index (χ3v) is 8.99. The van der Waals surface area contributed by atoms with Crippen LogP contribution < -0.4 is 35.6 Å². The monoisotopic (exact) mass is 634 g/mol. The van der Waals surface area contributed by atoms with Crippen LogP contribution in [0.5, 0.6) is 17.2 Å². The SMILES string of the molecule is COc1cc2c(c(OC)c1OC)-c1ccc(NCCCC(=O)Nc3nc(-c4cccs4)cs3)c(=O)cc1[C@@H](NC(C)=O)CC2. The molecule has 4 aromatic rings. The maximum Gasteiger partial charge on any atom is 0.226 e. The third-order valence-electron chi connectivity index (χ3n) is 7.34. The number of amides is 2. The highest BCUT2D eigenvalue weighted by Crippen LogP contribution is 2.50. The maximum atomic E-state index is 13.5. The standard InChI is InChI=1S/C32H34N4O6S2/c1-18(37)34-22-11-9-19-15-26(40-2)30(41-3)31(42-4)29(19)20-10-12-23(25(38)16-21(20)22)33-13-5-8-28(39)36-32-35-24(17-44-32)27-7-6-14-43-27/h6-7,10,12,14-17,22H,5,8-9,11,13H2,1-4H3,(H,33,38)(H,34,37)(H,35,36,39)/t22-/m0/s1. The number of aromatic nitrogens is 1. The molecule has 230 valence electrons. The van der Waals surface area contributed by atoms with E-state index >= 15 is 0 Å². The normalized spacial score (nSPS) is 13.6. The fourth-order valence-corrected chi connectivity index (χ4v) is 6.86. The van der Waals surface area contributed by atoms with E-state index in [2.05, 4.69) is 20.9 Å². The van der Waals surface area contributed by atoms with Crippen molar-refractivity contribution in [2.75, 3.05) is 38.5 Å². The Morgan fingerprint density at radius 1 is 1.05 bits per heavy atom. The second kappa shape index (κ2) is 13.9. The zero-order valence-electron chi connectivity index (χ0n) is 24.9. The number of methoxy groups -OCH3 is 3. The number of aryl methyl sites for hydroxylation is 1. The molecule has 3 N–H and O–H groups in total. The number of nitrogens with zero attached hydrogens (tertiary/aromatic N) is 1. The Balaban J connectivity index is 1.36. The van der Waals surface area contributed by atoms with Crippen LogP contribution in [0.3, 0.4) is 0 Å². The number of thiazole rings is 1. The minimum Gasteiger partial charge on any atom is -0.493 e. The van der Waals surface area contributed by atoms with Gasteiger partial charge < -0.3 is 30.2 Å². The lowest BCUT2D eigenvalue weighted by atomic mass is 9.95. The van der Waals surface area contributed by atoms with Crippen molar-refractivity contribution in [1.82, 2.24) is 10.3 Å². The van der Waals surface area contributed by atoms with Gasteiger partial charge in [0.1, 0.15) is 0 Å². The largest absolute Gasteiger partial charge is 0.493 e. The summed E-state index contributed by atoms with van der Waals surface area (Å²) >= 11 is 2.99. The Labute approximate surface area is 263 Å². The Morgan fingerprint density at radius 2 is 1.86 bits per heavy atom. The summed E-state index contributed by atoms with van der Waals surface area (Å²) in [6.45, 7) is 1.88. The maximum absolute atomic E-state index is 13.5. The van der Waals surface area contributed by atoms with Crippen LogP contribution in [-0.4, -0.2) is 44.7 Å². The molecule has 0 fully saturated rings. The van der Waals surface area contributed by atoms with E-state index in [1.807, 2.05) is 35.0 Å². The van der Waals surface area contributed by atoms with Gasteiger partial charge in [0.25, 0.3) is 0 Å². The molecule has 0 saturated heterocycles. The summed E-state index contributed by atoms with van der Waals surface area (Å²) in [7, 11) is 4.68. The molecule has 2 heterocycles. The molecule has 1 atom stereocenters. The number of carbonyl (C=O) groups is 2. The van der Waals surface area contributed by atoms with E-state index in [0.717, 1.165) is 27.3 Å². The van der Waals surface area contributed by atoms with Crippen molar-refractivity contribution in [2.45, 2.75) is 38.6 Å². The average molecular weight is 635 g/mol. The van der Waals surface area contributed by atoms with Crippen LogP contribution in [0.4, 0.5) is 10.8 Å². The summed E-state index contributed by atoms with van der Waals surface area (Å²) in [5.74, 6) is 1.15. The van der Waals surface area contributed by atoms with Gasteiger partial charge in [0.2, 0.25) is 23.0 Å². The van der Waals surface area contributed by atoms with Crippen LogP contribution in [0.15, 0.2) is 52.0 Å². The first-order chi connectivity index (χ1) is 21.3. The fraction of sp³-hybridized carbons (Fsp3) is 0.312. The topological polar surface area (TPSA) is 128 Å². The number of fused-ring (bicyclic) bond motifs is 3. The first-order valence-electron chi connectivity index (χ1n) is 14.1. The van der Waals surface area contributed by atoms with Crippen LogP contribution >= 0.6 is 22.7 Å². The number of anilines is 2. The van der Waals surface area contributed by atoms with E-state index in [0.29, 0.717) is 59.4 Å². The van der Waals surface area contributed by atoms with Gasteiger partial charge in [-0.15, -0.1) is 22.7 Å². The number of carbonyl (C=O) groups excluding carboxylic acids is 2. The highest BCUT2D eigenvalue weighted by molar-refractivity contribution is 7.16. The summed E-state index contributed by atoms with van der Waals surface area (Å²) in [4.78, 5) is 43.7. The predicted molar refractivity (Wildman–Crippen MR) is 174 cm³/mol. The van der Waals surface area contributed by atoms with Crippen LogP contribution in [0.1, 0.15) is 43.4 Å². The molecule has 44 heavy (non-hydrogen) atoms. The van der Waals surface area contributed by atoms with Crippen LogP contribution in [0, 0.1) is 0 Å². The highest BCUT2D eigenvalue weighted by Gasteiger charge is 2.29. The van der Waals surface area contributed by atoms with Gasteiger partial charge in [0.15, 0.2) is 16.6 Å². The lowest BCUT2D eigenvalue weighted by molar-refractivity contribution is -0.119. The van der Waals surface area contributed by atoms with E-state index in [-0.39, 0.29) is 29.7 Å². The van der Waals surface area contributed by atoms with E-state index in [4.69, 9.17) is 14.2 Å². The number of nitrogens with one attached hydrogen (secondary N) is 3. The Kier molecular flexibility index (Phi) is 9.81. The van der Waals surface area contributed by atoms with Gasteiger partial charge in [-0.3, -0.25) is 14.4 Å². The average Bonchev–Trinajstić information content (AvgIpc) is 3.65. The minimum atomic E-state index is -0.389. The molecule has 5 rings (SSSR count). The molecule has 0 radical (unpaired) electrons. The van der Waals surface area contributed by atoms with Crippen LogP contribution in [0.25, 0.3) is 21.7 Å². The smallest absolute Gasteiger partial charge is 0.226 e. The molecule has 2 amide bonds. The molecule has 0 spiro atoms. The van der Waals surface area contributed by atoms with Gasteiger partial charge in [-0.05, 0) is 65.6 Å². The van der Waals surface area contributed by atoms with Gasteiger partial charge in [-0.1, -0.05) is 12.1 Å². The molecule has 1 aliphatic carbocycles. The lowest BCUT2D eigenvalue weighted by Gasteiger charge is -2.19. The lowest BCUT2D eigenvalue weighted by Crippen LogP contribution is -2.26. The zero-order valence-corrected chi connectivity index (χ0v) is 26.6. The van der Waals surface area contributed by atoms with Gasteiger partial charge >= 0.3 is 0 Å². The molecule has 0 aliphatic heterocycles. The third kappa shape index (κ3) is 6.71. The summed E-state index contributed by atoms with van der Waals surface area (Å²) in [6, 6.07) is 10.7. The van der Waals surface area contributed by atoms with Gasteiger partial charge in [-0.2, -0.15) is 0 Å². The highest BCUT2D eigenvalue weighted by atomic mass is 32.1. The van der Waals surface area contributed by atoms with E-state index in [1.54, 1.807) is 44.8 Å². The second-order valence-corrected chi connectivity index (χ2v) is 12.0. The number of benzene rings is 1. The van der Waals surface area contributed by atoms with Crippen molar-refractivity contribution in [3.8, 4) is 38.9 Å². The Hall–Kier alpha value is -4.42. The summed E-state index contributed by atoms with van der Waals surface area (Å²) in [5.41, 5.74) is 4.20. The van der Waals surface area contributed by atoms with E-state index in [1.165, 1.54) is 18.3 Å². The number of hydrogen-bond acceptors (Lipinski definition) is 10. The number of hydrogen-bond donors (Lipinski definition) is 3. The zero-order chi connectivity index (χ0) is 31.2. The van der Waals surface area contributed by atoms with Gasteiger partial charge in [-0.25, -0.2) is 4.98 Å². The molecule has 12 heteroatoms. The summed E-state index contributed by atoms with van der Waals surface area (Å²) < 4.78 is 17.1. The van der Waals surface area contributed by atoms with Crippen molar-refractivity contribution in [2.24, 2.45) is 0 Å². The number of thiophene rings is 1. The van der Waals surface area contributed by atoms with Gasteiger partial charge in [0, 0.05) is 30.8 Å². The van der Waals surface area contributed by atoms with Crippen molar-refractivity contribution in [3.05, 3.63) is 68.5 Å². The minimum absolute atomic E-state index is 0.141. The van der Waals surface area contributed by atoms with Crippen molar-refractivity contribution < 1.29 is 23.8 Å². The molecular formula is C32H34N4O6S2. The van der Waals surface area contributed by atoms with E-state index in [9.17, 15) is 14.4 Å². The molecular weight excluding hydrogens is 601 g/mol. The van der Waals surface area contributed by atoms with Crippen LogP contribution in [0.2, 0.25) is 0 Å². The quantitative estimate of drug-likeness (QED) is 0.175. The fourth-order valence-electron chi connectivity index (χ4n) is 5.38. The summed E-state index contributed by atoms with van der Waals surface area (Å²) in [5, 5.41) is 13.5.